The van der Waals surface area contributed by atoms with Crippen LogP contribution < -0.4 is 4.90 Å². The molecule has 0 atom stereocenters. The zero-order valence-corrected chi connectivity index (χ0v) is 21.0. The molecule has 1 aliphatic rings. The van der Waals surface area contributed by atoms with Gasteiger partial charge in [0.2, 0.25) is 0 Å². The first-order chi connectivity index (χ1) is 18.9. The highest BCUT2D eigenvalue weighted by molar-refractivity contribution is 6.21. The van der Waals surface area contributed by atoms with Crippen LogP contribution >= 0.6 is 0 Å². The molecule has 0 bridgehead atoms. The average Bonchev–Trinajstić information content (AvgIpc) is 3.23. The number of nitrogens with zero attached hydrogens (tertiary/aromatic N) is 2. The summed E-state index contributed by atoms with van der Waals surface area (Å²) >= 11 is 0. The third-order valence-corrected chi connectivity index (χ3v) is 8.06. The maximum atomic E-state index is 2.43. The fourth-order valence-electron chi connectivity index (χ4n) is 6.33. The van der Waals surface area contributed by atoms with Crippen molar-refractivity contribution in [3.8, 4) is 5.69 Å². The highest BCUT2D eigenvalue weighted by Gasteiger charge is 2.22. The molecule has 1 aromatic heterocycles. The van der Waals surface area contributed by atoms with E-state index in [0.717, 1.165) is 12.8 Å². The maximum absolute atomic E-state index is 2.43. The van der Waals surface area contributed by atoms with E-state index in [-0.39, 0.29) is 0 Å². The van der Waals surface area contributed by atoms with Crippen LogP contribution in [0.25, 0.3) is 38.3 Å². The summed E-state index contributed by atoms with van der Waals surface area (Å²) in [4.78, 5) is 2.43. The van der Waals surface area contributed by atoms with E-state index >= 15 is 0 Å². The molecule has 0 saturated heterocycles. The molecule has 1 aliphatic heterocycles. The monoisotopic (exact) mass is 486 g/mol. The Bertz CT molecular complexity index is 1930. The number of hydrogen-bond donors (Lipinski definition) is 0. The Labute approximate surface area is 222 Å². The number of anilines is 3. The van der Waals surface area contributed by atoms with Crippen LogP contribution in [-0.2, 0) is 12.8 Å². The van der Waals surface area contributed by atoms with E-state index in [0.29, 0.717) is 0 Å². The predicted molar refractivity (Wildman–Crippen MR) is 160 cm³/mol. The van der Waals surface area contributed by atoms with Crippen molar-refractivity contribution in [1.82, 2.24) is 4.57 Å². The Morgan fingerprint density at radius 2 is 1.00 bits per heavy atom. The second kappa shape index (κ2) is 8.36. The van der Waals surface area contributed by atoms with Gasteiger partial charge in [0.25, 0.3) is 0 Å². The number of fused-ring (bicyclic) bond motifs is 7. The molecular formula is C36H26N2. The van der Waals surface area contributed by atoms with Gasteiger partial charge in [0.1, 0.15) is 0 Å². The molecule has 2 heteroatoms. The Kier molecular flexibility index (Phi) is 4.68. The fourth-order valence-corrected chi connectivity index (χ4v) is 6.33. The van der Waals surface area contributed by atoms with E-state index in [9.17, 15) is 0 Å². The molecule has 7 aromatic rings. The van der Waals surface area contributed by atoms with Crippen molar-refractivity contribution >= 4 is 49.6 Å². The lowest BCUT2D eigenvalue weighted by Crippen LogP contribution is -2.11. The van der Waals surface area contributed by atoms with Crippen LogP contribution in [0.3, 0.4) is 0 Å². The van der Waals surface area contributed by atoms with E-state index in [1.807, 2.05) is 0 Å². The van der Waals surface area contributed by atoms with Gasteiger partial charge in [0, 0.05) is 33.5 Å². The zero-order valence-electron chi connectivity index (χ0n) is 21.0. The van der Waals surface area contributed by atoms with Crippen molar-refractivity contribution in [2.75, 3.05) is 4.90 Å². The van der Waals surface area contributed by atoms with Gasteiger partial charge in [-0.25, -0.2) is 0 Å². The maximum Gasteiger partial charge on any atom is 0.0547 e. The first-order valence-electron chi connectivity index (χ1n) is 13.3. The molecule has 0 spiro atoms. The molecule has 2 nitrogen and oxygen atoms in total. The minimum absolute atomic E-state index is 1.05. The molecular weight excluding hydrogens is 460 g/mol. The van der Waals surface area contributed by atoms with Crippen LogP contribution in [0.5, 0.6) is 0 Å². The van der Waals surface area contributed by atoms with Crippen molar-refractivity contribution < 1.29 is 0 Å². The molecule has 0 amide bonds. The Morgan fingerprint density at radius 3 is 1.74 bits per heavy atom. The summed E-state index contributed by atoms with van der Waals surface area (Å²) in [5.41, 5.74) is 10.2. The lowest BCUT2D eigenvalue weighted by atomic mass is 10.0. The van der Waals surface area contributed by atoms with E-state index in [1.165, 1.54) is 66.5 Å². The Morgan fingerprint density at radius 1 is 0.421 bits per heavy atom. The largest absolute Gasteiger partial charge is 0.310 e. The molecule has 0 aliphatic carbocycles. The van der Waals surface area contributed by atoms with E-state index in [1.54, 1.807) is 0 Å². The Hall–Kier alpha value is -4.82. The number of hydrogen-bond acceptors (Lipinski definition) is 1. The highest BCUT2D eigenvalue weighted by atomic mass is 15.1. The summed E-state index contributed by atoms with van der Waals surface area (Å²) in [5.74, 6) is 0. The predicted octanol–water partition coefficient (Wildman–Crippen LogP) is 9.51. The summed E-state index contributed by atoms with van der Waals surface area (Å²) in [6.07, 6.45) is 2.11. The Balaban J connectivity index is 1.33. The minimum atomic E-state index is 1.05. The van der Waals surface area contributed by atoms with E-state index in [4.69, 9.17) is 0 Å². The van der Waals surface area contributed by atoms with Gasteiger partial charge in [-0.15, -0.1) is 0 Å². The third-order valence-electron chi connectivity index (χ3n) is 8.06. The van der Waals surface area contributed by atoms with Crippen LogP contribution in [0.4, 0.5) is 17.1 Å². The highest BCUT2D eigenvalue weighted by Crippen LogP contribution is 2.42. The second-order valence-corrected chi connectivity index (χ2v) is 10.1. The fraction of sp³-hybridized carbons (Fsp3) is 0.0556. The van der Waals surface area contributed by atoms with Crippen LogP contribution in [-0.4, -0.2) is 4.57 Å². The van der Waals surface area contributed by atoms with Gasteiger partial charge < -0.3 is 9.47 Å². The molecule has 8 rings (SSSR count). The van der Waals surface area contributed by atoms with Gasteiger partial charge in [-0.1, -0.05) is 84.9 Å². The van der Waals surface area contributed by atoms with Crippen molar-refractivity contribution in [2.24, 2.45) is 0 Å². The van der Waals surface area contributed by atoms with Gasteiger partial charge in [0.05, 0.1) is 11.0 Å². The van der Waals surface area contributed by atoms with Crippen molar-refractivity contribution in [3.63, 3.8) is 0 Å². The summed E-state index contributed by atoms with van der Waals surface area (Å²) in [6, 6.07) is 48.7. The van der Waals surface area contributed by atoms with Crippen molar-refractivity contribution in [3.05, 3.63) is 145 Å². The molecule has 6 aromatic carbocycles. The summed E-state index contributed by atoms with van der Waals surface area (Å²) in [5, 5.41) is 5.18. The number of aromatic nitrogens is 1. The molecule has 0 saturated carbocycles. The molecule has 0 radical (unpaired) electrons. The normalized spacial score (nSPS) is 13.0. The van der Waals surface area contributed by atoms with Gasteiger partial charge in [0.15, 0.2) is 0 Å². The number of para-hydroxylation sites is 3. The van der Waals surface area contributed by atoms with Gasteiger partial charge in [-0.2, -0.15) is 0 Å². The van der Waals surface area contributed by atoms with E-state index in [2.05, 4.69) is 143 Å². The lowest BCUT2D eigenvalue weighted by Gasteiger charge is -2.27. The average molecular weight is 487 g/mol. The standard InChI is InChI=1S/C36H26N2/c1-4-12-30-25(9-1)19-24-35-36(30)31-13-5-8-16-34(31)38(35)29-22-20-28(21-23-29)37-32-14-6-2-10-26(32)17-18-27-11-3-7-15-33(27)37/h1-16,19-24H,17-18H2. The van der Waals surface area contributed by atoms with Crippen LogP contribution in [0.1, 0.15) is 11.1 Å². The topological polar surface area (TPSA) is 8.17 Å². The summed E-state index contributed by atoms with van der Waals surface area (Å²) in [7, 11) is 0. The number of rotatable bonds is 2. The van der Waals surface area contributed by atoms with Gasteiger partial charge in [-0.3, -0.25) is 0 Å². The quantitative estimate of drug-likeness (QED) is 0.236. The smallest absolute Gasteiger partial charge is 0.0547 e. The third kappa shape index (κ3) is 3.13. The number of benzene rings is 6. The van der Waals surface area contributed by atoms with Gasteiger partial charge >= 0.3 is 0 Å². The van der Waals surface area contributed by atoms with Crippen LogP contribution in [0, 0.1) is 0 Å². The minimum Gasteiger partial charge on any atom is -0.310 e. The molecule has 2 heterocycles. The van der Waals surface area contributed by atoms with Crippen molar-refractivity contribution in [1.29, 1.82) is 0 Å². The zero-order chi connectivity index (χ0) is 25.1. The first-order valence-corrected chi connectivity index (χ1v) is 13.3. The van der Waals surface area contributed by atoms with E-state index < -0.39 is 0 Å². The SMILES string of the molecule is c1ccc2c(c1)CCc1ccccc1N2c1ccc(-n2c3ccccc3c3c4ccccc4ccc32)cc1. The first kappa shape index (κ1) is 21.3. The molecule has 180 valence electrons. The van der Waals surface area contributed by atoms with Crippen LogP contribution in [0.2, 0.25) is 0 Å². The van der Waals surface area contributed by atoms with Gasteiger partial charge in [-0.05, 0) is 83.3 Å². The van der Waals surface area contributed by atoms with Crippen LogP contribution in [0.15, 0.2) is 133 Å². The molecule has 38 heavy (non-hydrogen) atoms. The summed E-state index contributed by atoms with van der Waals surface area (Å²) in [6.45, 7) is 0. The summed E-state index contributed by atoms with van der Waals surface area (Å²) < 4.78 is 2.41. The lowest BCUT2D eigenvalue weighted by molar-refractivity contribution is 0.977. The molecule has 0 fully saturated rings. The molecule has 0 unspecified atom stereocenters. The number of aryl methyl sites for hydroxylation is 2. The molecule has 0 N–H and O–H groups in total. The second-order valence-electron chi connectivity index (χ2n) is 10.1. The van der Waals surface area contributed by atoms with Crippen molar-refractivity contribution in [2.45, 2.75) is 12.8 Å².